The molecular weight excluding hydrogens is 436 g/mol. The van der Waals surface area contributed by atoms with Gasteiger partial charge in [0.2, 0.25) is 5.91 Å². The zero-order valence-electron chi connectivity index (χ0n) is 21.1. The highest BCUT2D eigenvalue weighted by Crippen LogP contribution is 2.29. The van der Waals surface area contributed by atoms with Crippen molar-refractivity contribution < 1.29 is 4.79 Å². The summed E-state index contributed by atoms with van der Waals surface area (Å²) in [6, 6.07) is 12.6. The quantitative estimate of drug-likeness (QED) is 0.445. The normalized spacial score (nSPS) is 18.3. The topological polar surface area (TPSA) is 68.9 Å². The minimum atomic E-state index is -0.229. The van der Waals surface area contributed by atoms with Crippen LogP contribution in [0.1, 0.15) is 54.9 Å². The number of aromatic nitrogens is 3. The lowest BCUT2D eigenvalue weighted by molar-refractivity contribution is -0.123. The van der Waals surface area contributed by atoms with Gasteiger partial charge >= 0.3 is 0 Å². The Morgan fingerprint density at radius 2 is 1.77 bits per heavy atom. The smallest absolute Gasteiger partial charge is 0.291 e. The van der Waals surface area contributed by atoms with E-state index < -0.39 is 0 Å². The molecule has 5 rings (SSSR count). The van der Waals surface area contributed by atoms with Gasteiger partial charge in [-0.1, -0.05) is 55.7 Å². The lowest BCUT2D eigenvalue weighted by Crippen LogP contribution is -2.43. The molecule has 1 aliphatic rings. The van der Waals surface area contributed by atoms with Crippen molar-refractivity contribution in [2.75, 3.05) is 0 Å². The van der Waals surface area contributed by atoms with Crippen molar-refractivity contribution >= 4 is 27.7 Å². The van der Waals surface area contributed by atoms with E-state index in [9.17, 15) is 9.59 Å². The Morgan fingerprint density at radius 3 is 2.51 bits per heavy atom. The molecule has 1 saturated carbocycles. The molecule has 1 fully saturated rings. The maximum atomic E-state index is 13.7. The summed E-state index contributed by atoms with van der Waals surface area (Å²) in [6.07, 6.45) is 6.22. The van der Waals surface area contributed by atoms with Crippen molar-refractivity contribution in [3.63, 3.8) is 0 Å². The van der Waals surface area contributed by atoms with Crippen LogP contribution in [-0.2, 0) is 17.9 Å². The largest absolute Gasteiger partial charge is 0.351 e. The molecule has 4 aromatic rings. The SMILES string of the molecule is Cc1cc(C)c(Cn2c3ccccc3c3cnn(CC(=O)NC4CCCCC4C)c(=O)c32)c(C)c1. The molecule has 0 bridgehead atoms. The summed E-state index contributed by atoms with van der Waals surface area (Å²) in [5.74, 6) is 0.314. The highest BCUT2D eigenvalue weighted by Gasteiger charge is 2.24. The number of amides is 1. The summed E-state index contributed by atoms with van der Waals surface area (Å²) in [4.78, 5) is 26.6. The number of carbonyl (C=O) groups is 1. The monoisotopic (exact) mass is 470 g/mol. The van der Waals surface area contributed by atoms with E-state index in [1.807, 2.05) is 18.2 Å². The Bertz CT molecular complexity index is 1460. The summed E-state index contributed by atoms with van der Waals surface area (Å²) >= 11 is 0. The zero-order valence-corrected chi connectivity index (χ0v) is 21.1. The van der Waals surface area contributed by atoms with E-state index >= 15 is 0 Å². The van der Waals surface area contributed by atoms with E-state index in [4.69, 9.17) is 0 Å². The number of fused-ring (bicyclic) bond motifs is 3. The summed E-state index contributed by atoms with van der Waals surface area (Å²) in [5, 5.41) is 9.38. The molecule has 1 amide bonds. The van der Waals surface area contributed by atoms with E-state index in [1.165, 1.54) is 33.4 Å². The van der Waals surface area contributed by atoms with Gasteiger partial charge in [0.1, 0.15) is 12.1 Å². The van der Waals surface area contributed by atoms with Crippen LogP contribution in [0.5, 0.6) is 0 Å². The third-order valence-corrected chi connectivity index (χ3v) is 7.68. The number of rotatable bonds is 5. The maximum Gasteiger partial charge on any atom is 0.291 e. The Morgan fingerprint density at radius 1 is 1.06 bits per heavy atom. The Hall–Kier alpha value is -3.41. The Kier molecular flexibility index (Phi) is 6.22. The van der Waals surface area contributed by atoms with Gasteiger partial charge in [0.15, 0.2) is 0 Å². The lowest BCUT2D eigenvalue weighted by Gasteiger charge is -2.29. The van der Waals surface area contributed by atoms with Crippen molar-refractivity contribution in [3.8, 4) is 0 Å². The molecule has 2 unspecified atom stereocenters. The van der Waals surface area contributed by atoms with Crippen LogP contribution in [0, 0.1) is 26.7 Å². The number of para-hydroxylation sites is 1. The highest BCUT2D eigenvalue weighted by molar-refractivity contribution is 6.07. The summed E-state index contributed by atoms with van der Waals surface area (Å²) in [7, 11) is 0. The van der Waals surface area contributed by atoms with Gasteiger partial charge in [0.05, 0.1) is 6.20 Å². The molecule has 2 aromatic heterocycles. The molecule has 0 spiro atoms. The standard InChI is InChI=1S/C29H34N4O2/c1-18-13-20(3)24(21(4)14-18)16-32-26-12-8-6-10-22(26)23-15-30-33(29(35)28(23)32)17-27(34)31-25-11-7-5-9-19(25)2/h6,8,10,12-15,19,25H,5,7,9,11,16-17H2,1-4H3,(H,31,34). The number of benzene rings is 2. The van der Waals surface area contributed by atoms with Gasteiger partial charge in [0, 0.05) is 28.9 Å². The van der Waals surface area contributed by atoms with Crippen LogP contribution in [0.4, 0.5) is 0 Å². The molecule has 6 nitrogen and oxygen atoms in total. The Balaban J connectivity index is 1.56. The van der Waals surface area contributed by atoms with Crippen molar-refractivity contribution in [1.29, 1.82) is 0 Å². The molecule has 6 heteroatoms. The van der Waals surface area contributed by atoms with Gasteiger partial charge in [-0.3, -0.25) is 9.59 Å². The van der Waals surface area contributed by atoms with E-state index in [-0.39, 0.29) is 24.1 Å². The first kappa shape index (κ1) is 23.3. The van der Waals surface area contributed by atoms with Gasteiger partial charge in [0.25, 0.3) is 5.56 Å². The molecule has 0 aliphatic heterocycles. The summed E-state index contributed by atoms with van der Waals surface area (Å²) in [5.41, 5.74) is 6.24. The molecule has 1 N–H and O–H groups in total. The highest BCUT2D eigenvalue weighted by atomic mass is 16.2. The number of nitrogens with zero attached hydrogens (tertiary/aromatic N) is 3. The lowest BCUT2D eigenvalue weighted by atomic mass is 9.86. The fraction of sp³-hybridized carbons (Fsp3) is 0.414. The van der Waals surface area contributed by atoms with Gasteiger partial charge in [-0.2, -0.15) is 5.10 Å². The van der Waals surface area contributed by atoms with E-state index in [1.54, 1.807) is 6.20 Å². The third-order valence-electron chi connectivity index (χ3n) is 7.68. The Labute approximate surface area is 206 Å². The van der Waals surface area contributed by atoms with Crippen LogP contribution in [0.15, 0.2) is 47.4 Å². The number of hydrogen-bond acceptors (Lipinski definition) is 3. The molecule has 2 aromatic carbocycles. The average molecular weight is 471 g/mol. The van der Waals surface area contributed by atoms with Gasteiger partial charge in [-0.05, 0) is 62.3 Å². The molecule has 35 heavy (non-hydrogen) atoms. The van der Waals surface area contributed by atoms with Crippen LogP contribution in [0.25, 0.3) is 21.8 Å². The fourth-order valence-corrected chi connectivity index (χ4v) is 5.81. The molecule has 0 saturated heterocycles. The predicted molar refractivity (Wildman–Crippen MR) is 141 cm³/mol. The molecular formula is C29H34N4O2. The van der Waals surface area contributed by atoms with Crippen LogP contribution in [-0.4, -0.2) is 26.3 Å². The number of hydrogen-bond donors (Lipinski definition) is 1. The van der Waals surface area contributed by atoms with E-state index in [0.717, 1.165) is 35.6 Å². The van der Waals surface area contributed by atoms with Gasteiger partial charge in [-0.25, -0.2) is 4.68 Å². The second-order valence-electron chi connectivity index (χ2n) is 10.3. The number of aryl methyl sites for hydroxylation is 3. The number of nitrogens with one attached hydrogen (secondary N) is 1. The summed E-state index contributed by atoms with van der Waals surface area (Å²) < 4.78 is 3.41. The van der Waals surface area contributed by atoms with Crippen molar-refractivity contribution in [2.45, 2.75) is 72.5 Å². The molecule has 0 radical (unpaired) electrons. The maximum absolute atomic E-state index is 13.7. The first-order valence-corrected chi connectivity index (χ1v) is 12.7. The molecule has 182 valence electrons. The first-order valence-electron chi connectivity index (χ1n) is 12.7. The molecule has 1 aliphatic carbocycles. The fourth-order valence-electron chi connectivity index (χ4n) is 5.81. The number of carbonyl (C=O) groups excluding carboxylic acids is 1. The second kappa shape index (κ2) is 9.33. The minimum Gasteiger partial charge on any atom is -0.351 e. The average Bonchev–Trinajstić information content (AvgIpc) is 3.14. The second-order valence-corrected chi connectivity index (χ2v) is 10.3. The van der Waals surface area contributed by atoms with Crippen LogP contribution >= 0.6 is 0 Å². The minimum absolute atomic E-state index is 0.0674. The van der Waals surface area contributed by atoms with Crippen molar-refractivity contribution in [2.24, 2.45) is 5.92 Å². The third kappa shape index (κ3) is 4.38. The predicted octanol–water partition coefficient (Wildman–Crippen LogP) is 5.02. The first-order chi connectivity index (χ1) is 16.8. The molecule has 2 atom stereocenters. The van der Waals surface area contributed by atoms with Crippen molar-refractivity contribution in [1.82, 2.24) is 19.7 Å². The molecule has 2 heterocycles. The zero-order chi connectivity index (χ0) is 24.7. The van der Waals surface area contributed by atoms with Crippen molar-refractivity contribution in [3.05, 3.63) is 75.2 Å². The summed E-state index contributed by atoms with van der Waals surface area (Å²) in [6.45, 7) is 9.07. The van der Waals surface area contributed by atoms with Crippen LogP contribution in [0.2, 0.25) is 0 Å². The van der Waals surface area contributed by atoms with Crippen LogP contribution < -0.4 is 10.9 Å². The van der Waals surface area contributed by atoms with E-state index in [0.29, 0.717) is 18.0 Å². The van der Waals surface area contributed by atoms with Crippen LogP contribution in [0.3, 0.4) is 0 Å². The van der Waals surface area contributed by atoms with Gasteiger partial charge in [-0.15, -0.1) is 0 Å². The van der Waals surface area contributed by atoms with Gasteiger partial charge < -0.3 is 9.88 Å². The van der Waals surface area contributed by atoms with E-state index in [2.05, 4.69) is 60.9 Å².